The van der Waals surface area contributed by atoms with Crippen LogP contribution in [0, 0.1) is 0 Å². The van der Waals surface area contributed by atoms with Gasteiger partial charge in [0.25, 0.3) is 0 Å². The number of benzene rings is 1. The number of alkyl halides is 3. The molecule has 0 aliphatic rings. The molecular weight excluding hydrogens is 185 g/mol. The summed E-state index contributed by atoms with van der Waals surface area (Å²) in [5.74, 6) is -0.360. The third kappa shape index (κ3) is 3.33. The third-order valence-corrected chi connectivity index (χ3v) is 1.30. The summed E-state index contributed by atoms with van der Waals surface area (Å²) in [6, 6.07) is 5.00. The summed E-state index contributed by atoms with van der Waals surface area (Å²) < 4.78 is 38.6. The Balaban J connectivity index is 2.78. The molecule has 0 aliphatic carbocycles. The Morgan fingerprint density at radius 2 is 2.00 bits per heavy atom. The molecule has 13 heavy (non-hydrogen) atoms. The zero-order valence-corrected chi connectivity index (χ0v) is 6.47. The predicted octanol–water partition coefficient (Wildman–Crippen LogP) is 2.52. The summed E-state index contributed by atoms with van der Waals surface area (Å²) in [6.45, 7) is -0.560. The van der Waals surface area contributed by atoms with Crippen molar-refractivity contribution < 1.29 is 23.0 Å². The summed E-state index contributed by atoms with van der Waals surface area (Å²) >= 11 is 0. The molecule has 0 atom stereocenters. The van der Waals surface area contributed by atoms with Crippen molar-refractivity contribution in [3.05, 3.63) is 29.8 Å². The molecule has 2 nitrogen and oxygen atoms in total. The van der Waals surface area contributed by atoms with E-state index in [1.54, 1.807) is 0 Å². The molecule has 1 radical (unpaired) electrons. The van der Waals surface area contributed by atoms with Gasteiger partial charge in [-0.3, -0.25) is 0 Å². The molecule has 0 spiro atoms. The first kappa shape index (κ1) is 9.85. The number of hydrogen-bond donors (Lipinski definition) is 0. The molecule has 1 aromatic rings. The van der Waals surface area contributed by atoms with E-state index in [4.69, 9.17) is 0 Å². The minimum atomic E-state index is -4.71. The highest BCUT2D eigenvalue weighted by Crippen LogP contribution is 2.23. The fourth-order valence-electron chi connectivity index (χ4n) is 0.832. The molecule has 1 aromatic carbocycles. The first-order chi connectivity index (χ1) is 6.01. The van der Waals surface area contributed by atoms with E-state index in [9.17, 15) is 18.3 Å². The van der Waals surface area contributed by atoms with Crippen LogP contribution in [0.3, 0.4) is 0 Å². The van der Waals surface area contributed by atoms with E-state index in [0.29, 0.717) is 0 Å². The van der Waals surface area contributed by atoms with Gasteiger partial charge in [-0.05, 0) is 17.7 Å². The summed E-state index contributed by atoms with van der Waals surface area (Å²) in [7, 11) is 0. The minimum absolute atomic E-state index is 0.266. The maximum Gasteiger partial charge on any atom is 0.573 e. The zero-order chi connectivity index (χ0) is 9.90. The average Bonchev–Trinajstić information content (AvgIpc) is 2.01. The van der Waals surface area contributed by atoms with Crippen LogP contribution in [0.4, 0.5) is 13.2 Å². The van der Waals surface area contributed by atoms with Crippen LogP contribution in [0.5, 0.6) is 5.75 Å². The van der Waals surface area contributed by atoms with Gasteiger partial charge in [0.05, 0.1) is 0 Å². The minimum Gasteiger partial charge on any atom is -0.406 e. The summed E-state index contributed by atoms with van der Waals surface area (Å²) in [5.41, 5.74) is 0.266. The van der Waals surface area contributed by atoms with Crippen molar-refractivity contribution in [3.8, 4) is 5.75 Å². The highest BCUT2D eigenvalue weighted by atomic mass is 19.4. The van der Waals surface area contributed by atoms with Gasteiger partial charge >= 0.3 is 6.36 Å². The lowest BCUT2D eigenvalue weighted by Gasteiger charge is -2.08. The van der Waals surface area contributed by atoms with E-state index in [0.717, 1.165) is 12.1 Å². The van der Waals surface area contributed by atoms with Crippen molar-refractivity contribution in [2.24, 2.45) is 0 Å². The molecule has 0 aliphatic heterocycles. The van der Waals surface area contributed by atoms with E-state index in [-0.39, 0.29) is 11.3 Å². The number of rotatable bonds is 2. The molecule has 0 heterocycles. The van der Waals surface area contributed by atoms with Crippen LogP contribution in [0.2, 0.25) is 0 Å². The van der Waals surface area contributed by atoms with E-state index in [1.165, 1.54) is 12.1 Å². The molecule has 5 heteroatoms. The fraction of sp³-hybridized carbons (Fsp3) is 0.250. The average molecular weight is 191 g/mol. The van der Waals surface area contributed by atoms with E-state index in [2.05, 4.69) is 4.74 Å². The van der Waals surface area contributed by atoms with Crippen LogP contribution < -0.4 is 4.74 Å². The Kier molecular flexibility index (Phi) is 2.77. The lowest BCUT2D eigenvalue weighted by molar-refractivity contribution is -0.274. The highest BCUT2D eigenvalue weighted by molar-refractivity contribution is 5.28. The normalized spacial score (nSPS) is 11.4. The lowest BCUT2D eigenvalue weighted by atomic mass is 10.2. The molecule has 1 rings (SSSR count). The number of hydrogen-bond acceptors (Lipinski definition) is 1. The van der Waals surface area contributed by atoms with Gasteiger partial charge in [0.2, 0.25) is 0 Å². The SMILES string of the molecule is [O]Cc1cccc(OC(F)(F)F)c1. The molecule has 0 amide bonds. The topological polar surface area (TPSA) is 29.1 Å². The van der Waals surface area contributed by atoms with Crippen LogP contribution >= 0.6 is 0 Å². The van der Waals surface area contributed by atoms with E-state index in [1.807, 2.05) is 0 Å². The smallest absolute Gasteiger partial charge is 0.406 e. The molecule has 0 saturated carbocycles. The maximum absolute atomic E-state index is 11.7. The molecule has 0 saturated heterocycles. The van der Waals surface area contributed by atoms with E-state index >= 15 is 0 Å². The summed E-state index contributed by atoms with van der Waals surface area (Å²) in [4.78, 5) is 0. The van der Waals surface area contributed by atoms with Gasteiger partial charge in [-0.1, -0.05) is 12.1 Å². The van der Waals surface area contributed by atoms with Crippen molar-refractivity contribution in [2.45, 2.75) is 13.0 Å². The number of halogens is 3. The predicted molar refractivity (Wildman–Crippen MR) is 37.5 cm³/mol. The third-order valence-electron chi connectivity index (χ3n) is 1.30. The van der Waals surface area contributed by atoms with Crippen LogP contribution in [0.15, 0.2) is 24.3 Å². The quantitative estimate of drug-likeness (QED) is 0.706. The van der Waals surface area contributed by atoms with Gasteiger partial charge < -0.3 is 4.74 Å². The molecule has 0 fully saturated rings. The zero-order valence-electron chi connectivity index (χ0n) is 6.47. The highest BCUT2D eigenvalue weighted by Gasteiger charge is 2.30. The first-order valence-corrected chi connectivity index (χ1v) is 3.44. The summed E-state index contributed by atoms with van der Waals surface area (Å²) in [6.07, 6.45) is -4.71. The Bertz CT molecular complexity index is 283. The standard InChI is InChI=1S/C8H6F3O2/c9-8(10,11)13-7-3-1-2-6(4-7)5-12/h1-4H,5H2. The van der Waals surface area contributed by atoms with Crippen LogP contribution in [-0.4, -0.2) is 6.36 Å². The van der Waals surface area contributed by atoms with Crippen molar-refractivity contribution >= 4 is 0 Å². The second-order valence-electron chi connectivity index (χ2n) is 2.34. The van der Waals surface area contributed by atoms with Gasteiger partial charge in [0, 0.05) is 0 Å². The molecule has 0 N–H and O–H groups in total. The van der Waals surface area contributed by atoms with Gasteiger partial charge in [-0.15, -0.1) is 13.2 Å². The fourth-order valence-corrected chi connectivity index (χ4v) is 0.832. The van der Waals surface area contributed by atoms with Crippen LogP contribution in [0.1, 0.15) is 5.56 Å². The van der Waals surface area contributed by atoms with Gasteiger partial charge in [0.15, 0.2) is 0 Å². The van der Waals surface area contributed by atoms with Crippen molar-refractivity contribution in [2.75, 3.05) is 0 Å². The Morgan fingerprint density at radius 3 is 2.54 bits per heavy atom. The molecule has 0 aromatic heterocycles. The van der Waals surface area contributed by atoms with Gasteiger partial charge in [0.1, 0.15) is 12.4 Å². The molecular formula is C8H6F3O2. The molecule has 71 valence electrons. The van der Waals surface area contributed by atoms with Crippen molar-refractivity contribution in [1.82, 2.24) is 0 Å². The van der Waals surface area contributed by atoms with Crippen molar-refractivity contribution in [1.29, 1.82) is 0 Å². The van der Waals surface area contributed by atoms with Crippen LogP contribution in [-0.2, 0) is 11.7 Å². The molecule has 0 unspecified atom stereocenters. The first-order valence-electron chi connectivity index (χ1n) is 3.44. The lowest BCUT2D eigenvalue weighted by Crippen LogP contribution is -2.17. The second-order valence-corrected chi connectivity index (χ2v) is 2.34. The van der Waals surface area contributed by atoms with Crippen molar-refractivity contribution in [3.63, 3.8) is 0 Å². The summed E-state index contributed by atoms with van der Waals surface area (Å²) in [5, 5.41) is 10.3. The molecule has 0 bridgehead atoms. The maximum atomic E-state index is 11.7. The monoisotopic (exact) mass is 191 g/mol. The Morgan fingerprint density at radius 1 is 1.31 bits per heavy atom. The second kappa shape index (κ2) is 3.66. The number of ether oxygens (including phenoxy) is 1. The Labute approximate surface area is 72.6 Å². The van der Waals surface area contributed by atoms with Gasteiger partial charge in [-0.2, -0.15) is 0 Å². The Hall–Kier alpha value is -1.23. The largest absolute Gasteiger partial charge is 0.573 e. The van der Waals surface area contributed by atoms with E-state index < -0.39 is 13.0 Å². The van der Waals surface area contributed by atoms with Gasteiger partial charge in [-0.25, -0.2) is 5.11 Å². The van der Waals surface area contributed by atoms with Crippen LogP contribution in [0.25, 0.3) is 0 Å².